The van der Waals surface area contributed by atoms with E-state index >= 15 is 0 Å². The van der Waals surface area contributed by atoms with Gasteiger partial charge in [0.1, 0.15) is 18.0 Å². The summed E-state index contributed by atoms with van der Waals surface area (Å²) in [6, 6.07) is 1.94. The van der Waals surface area contributed by atoms with E-state index in [9.17, 15) is 0 Å². The van der Waals surface area contributed by atoms with E-state index in [4.69, 9.17) is 5.73 Å². The molecule has 0 fully saturated rings. The Morgan fingerprint density at radius 2 is 2.24 bits per heavy atom. The van der Waals surface area contributed by atoms with E-state index < -0.39 is 0 Å². The lowest BCUT2D eigenvalue weighted by molar-refractivity contribution is 0.778. The molecule has 0 aliphatic rings. The summed E-state index contributed by atoms with van der Waals surface area (Å²) in [7, 11) is 1.82. The molecule has 2 heterocycles. The van der Waals surface area contributed by atoms with E-state index in [2.05, 4.69) is 27.3 Å². The molecule has 0 bridgehead atoms. The zero-order valence-electron chi connectivity index (χ0n) is 10.0. The fourth-order valence-corrected chi connectivity index (χ4v) is 1.50. The number of nitrogen functional groups attached to an aromatic ring is 1. The molecule has 0 unspecified atom stereocenters. The summed E-state index contributed by atoms with van der Waals surface area (Å²) in [5.74, 6) is 1.47. The molecule has 90 valence electrons. The Labute approximate surface area is 99.9 Å². The SMILES string of the molecule is CCc1cc(NCc2cnn(C)c2N)ncn1. The van der Waals surface area contributed by atoms with Crippen LogP contribution in [0.2, 0.25) is 0 Å². The van der Waals surface area contributed by atoms with Crippen LogP contribution in [-0.4, -0.2) is 19.7 Å². The minimum atomic E-state index is 0.611. The molecule has 2 rings (SSSR count). The zero-order valence-corrected chi connectivity index (χ0v) is 10.0. The molecule has 2 aromatic heterocycles. The third-order valence-corrected chi connectivity index (χ3v) is 2.61. The van der Waals surface area contributed by atoms with Crippen LogP contribution < -0.4 is 11.1 Å². The van der Waals surface area contributed by atoms with Crippen molar-refractivity contribution in [1.29, 1.82) is 0 Å². The summed E-state index contributed by atoms with van der Waals surface area (Å²) in [5, 5.41) is 7.29. The summed E-state index contributed by atoms with van der Waals surface area (Å²) in [6.45, 7) is 2.67. The Balaban J connectivity index is 2.04. The van der Waals surface area contributed by atoms with Crippen molar-refractivity contribution in [3.05, 3.63) is 29.8 Å². The van der Waals surface area contributed by atoms with Gasteiger partial charge in [-0.2, -0.15) is 5.10 Å². The minimum Gasteiger partial charge on any atom is -0.384 e. The molecule has 3 N–H and O–H groups in total. The van der Waals surface area contributed by atoms with Crippen LogP contribution in [0.1, 0.15) is 18.2 Å². The molecule has 6 heteroatoms. The largest absolute Gasteiger partial charge is 0.384 e. The predicted molar refractivity (Wildman–Crippen MR) is 66.4 cm³/mol. The number of aryl methyl sites for hydroxylation is 2. The number of nitrogens with zero attached hydrogens (tertiary/aromatic N) is 4. The van der Waals surface area contributed by atoms with E-state index in [1.807, 2.05) is 13.1 Å². The Bertz CT molecular complexity index is 504. The zero-order chi connectivity index (χ0) is 12.3. The van der Waals surface area contributed by atoms with Crippen LogP contribution in [0.25, 0.3) is 0 Å². The van der Waals surface area contributed by atoms with Gasteiger partial charge >= 0.3 is 0 Å². The van der Waals surface area contributed by atoms with E-state index in [0.717, 1.165) is 23.5 Å². The fourth-order valence-electron chi connectivity index (χ4n) is 1.50. The van der Waals surface area contributed by atoms with Gasteiger partial charge < -0.3 is 11.1 Å². The highest BCUT2D eigenvalue weighted by Crippen LogP contribution is 2.12. The monoisotopic (exact) mass is 232 g/mol. The summed E-state index contributed by atoms with van der Waals surface area (Å²) in [6.07, 6.45) is 4.21. The molecule has 0 saturated heterocycles. The second-order valence-electron chi connectivity index (χ2n) is 3.78. The van der Waals surface area contributed by atoms with Crippen LogP contribution >= 0.6 is 0 Å². The lowest BCUT2D eigenvalue weighted by Crippen LogP contribution is -2.05. The molecule has 6 nitrogen and oxygen atoms in total. The van der Waals surface area contributed by atoms with Crippen molar-refractivity contribution in [2.75, 3.05) is 11.1 Å². The predicted octanol–water partition coefficient (Wildman–Crippen LogP) is 0.967. The van der Waals surface area contributed by atoms with Crippen LogP contribution in [0.5, 0.6) is 0 Å². The molecule has 0 amide bonds. The topological polar surface area (TPSA) is 81.7 Å². The number of hydrogen-bond donors (Lipinski definition) is 2. The average molecular weight is 232 g/mol. The number of aromatic nitrogens is 4. The third kappa shape index (κ3) is 2.52. The van der Waals surface area contributed by atoms with E-state index in [-0.39, 0.29) is 0 Å². The molecule has 0 saturated carbocycles. The maximum atomic E-state index is 5.85. The Morgan fingerprint density at radius 1 is 1.41 bits per heavy atom. The van der Waals surface area contributed by atoms with Crippen LogP contribution in [0, 0.1) is 0 Å². The van der Waals surface area contributed by atoms with E-state index in [1.54, 1.807) is 17.2 Å². The van der Waals surface area contributed by atoms with Crippen molar-refractivity contribution in [2.45, 2.75) is 19.9 Å². The number of rotatable bonds is 4. The first kappa shape index (κ1) is 11.4. The van der Waals surface area contributed by atoms with E-state index in [0.29, 0.717) is 12.4 Å². The average Bonchev–Trinajstić information content (AvgIpc) is 2.68. The highest BCUT2D eigenvalue weighted by molar-refractivity contribution is 5.42. The van der Waals surface area contributed by atoms with Gasteiger partial charge in [-0.15, -0.1) is 0 Å². The molecule has 0 radical (unpaired) electrons. The highest BCUT2D eigenvalue weighted by atomic mass is 15.3. The van der Waals surface area contributed by atoms with Gasteiger partial charge in [0, 0.05) is 30.9 Å². The quantitative estimate of drug-likeness (QED) is 0.820. The van der Waals surface area contributed by atoms with Gasteiger partial charge in [-0.25, -0.2) is 9.97 Å². The normalized spacial score (nSPS) is 10.5. The van der Waals surface area contributed by atoms with Crippen molar-refractivity contribution in [3.8, 4) is 0 Å². The lowest BCUT2D eigenvalue weighted by Gasteiger charge is -2.05. The first-order valence-corrected chi connectivity index (χ1v) is 5.52. The number of hydrogen-bond acceptors (Lipinski definition) is 5. The molecule has 17 heavy (non-hydrogen) atoms. The smallest absolute Gasteiger partial charge is 0.129 e. The van der Waals surface area contributed by atoms with Gasteiger partial charge in [0.15, 0.2) is 0 Å². The number of anilines is 2. The fraction of sp³-hybridized carbons (Fsp3) is 0.364. The number of nitrogens with two attached hydrogens (primary N) is 1. The molecule has 0 aliphatic carbocycles. The van der Waals surface area contributed by atoms with Gasteiger partial charge in [-0.1, -0.05) is 6.92 Å². The molecule has 0 spiro atoms. The first-order valence-electron chi connectivity index (χ1n) is 5.52. The second-order valence-corrected chi connectivity index (χ2v) is 3.78. The molecular weight excluding hydrogens is 216 g/mol. The maximum Gasteiger partial charge on any atom is 0.129 e. The highest BCUT2D eigenvalue weighted by Gasteiger charge is 2.04. The first-order chi connectivity index (χ1) is 8.20. The number of nitrogens with one attached hydrogen (secondary N) is 1. The van der Waals surface area contributed by atoms with Gasteiger partial charge in [-0.3, -0.25) is 4.68 Å². The van der Waals surface area contributed by atoms with Crippen molar-refractivity contribution < 1.29 is 0 Å². The summed E-state index contributed by atoms with van der Waals surface area (Å²) >= 11 is 0. The van der Waals surface area contributed by atoms with Crippen LogP contribution in [0.3, 0.4) is 0 Å². The molecular formula is C11H16N6. The van der Waals surface area contributed by atoms with Crippen molar-refractivity contribution in [3.63, 3.8) is 0 Å². The lowest BCUT2D eigenvalue weighted by atomic mass is 10.3. The van der Waals surface area contributed by atoms with Crippen LogP contribution in [0.15, 0.2) is 18.6 Å². The molecule has 0 aliphatic heterocycles. The molecule has 0 atom stereocenters. The standard InChI is InChI=1S/C11H16N6/c1-3-9-4-10(15-7-14-9)13-5-8-6-16-17(2)11(8)12/h4,6-7H,3,5,12H2,1-2H3,(H,13,14,15). The van der Waals surface area contributed by atoms with Gasteiger partial charge in [0.2, 0.25) is 0 Å². The Hall–Kier alpha value is -2.11. The van der Waals surface area contributed by atoms with E-state index in [1.165, 1.54) is 0 Å². The summed E-state index contributed by atoms with van der Waals surface area (Å²) < 4.78 is 1.65. The van der Waals surface area contributed by atoms with Crippen molar-refractivity contribution in [1.82, 2.24) is 19.7 Å². The molecule has 0 aromatic carbocycles. The van der Waals surface area contributed by atoms with Crippen molar-refractivity contribution >= 4 is 11.6 Å². The summed E-state index contributed by atoms with van der Waals surface area (Å²) in [5.41, 5.74) is 7.83. The minimum absolute atomic E-state index is 0.611. The van der Waals surface area contributed by atoms with Gasteiger partial charge in [0.25, 0.3) is 0 Å². The second kappa shape index (κ2) is 4.82. The summed E-state index contributed by atoms with van der Waals surface area (Å²) in [4.78, 5) is 8.29. The third-order valence-electron chi connectivity index (χ3n) is 2.61. The molecule has 2 aromatic rings. The van der Waals surface area contributed by atoms with Crippen LogP contribution in [-0.2, 0) is 20.0 Å². The van der Waals surface area contributed by atoms with Gasteiger partial charge in [0.05, 0.1) is 6.20 Å². The van der Waals surface area contributed by atoms with Crippen LogP contribution in [0.4, 0.5) is 11.6 Å². The Kier molecular flexibility index (Phi) is 3.22. The maximum absolute atomic E-state index is 5.85. The van der Waals surface area contributed by atoms with Gasteiger partial charge in [-0.05, 0) is 6.42 Å². The Morgan fingerprint density at radius 3 is 2.88 bits per heavy atom. The van der Waals surface area contributed by atoms with Crippen molar-refractivity contribution in [2.24, 2.45) is 7.05 Å².